The van der Waals surface area contributed by atoms with Crippen LogP contribution in [0, 0.1) is 6.92 Å². The lowest BCUT2D eigenvalue weighted by atomic mass is 10.5. The molecule has 74 valence electrons. The van der Waals surface area contributed by atoms with Gasteiger partial charge in [0.25, 0.3) is 0 Å². The van der Waals surface area contributed by atoms with Gasteiger partial charge in [-0.15, -0.1) is 11.3 Å². The molecule has 0 atom stereocenters. The minimum atomic E-state index is 0.0102. The topological polar surface area (TPSA) is 39.8 Å². The van der Waals surface area contributed by atoms with E-state index >= 15 is 0 Å². The molecule has 0 aliphatic carbocycles. The molecule has 0 bridgehead atoms. The van der Waals surface area contributed by atoms with Crippen molar-refractivity contribution in [2.24, 2.45) is 7.05 Å². The zero-order valence-corrected chi connectivity index (χ0v) is 8.91. The maximum atomic E-state index is 11.5. The SMILES string of the molecule is Cc1ncc(Cn2ccn(C)c2=O)s1. The second-order valence-corrected chi connectivity index (χ2v) is 4.48. The van der Waals surface area contributed by atoms with E-state index < -0.39 is 0 Å². The highest BCUT2D eigenvalue weighted by Crippen LogP contribution is 2.11. The number of aromatic nitrogens is 3. The van der Waals surface area contributed by atoms with Gasteiger partial charge in [-0.3, -0.25) is 4.57 Å². The Morgan fingerprint density at radius 2 is 2.29 bits per heavy atom. The van der Waals surface area contributed by atoms with Crippen molar-refractivity contribution in [1.82, 2.24) is 14.1 Å². The lowest BCUT2D eigenvalue weighted by Crippen LogP contribution is -2.21. The minimum absolute atomic E-state index is 0.0102. The molecule has 0 fully saturated rings. The van der Waals surface area contributed by atoms with Crippen LogP contribution < -0.4 is 5.69 Å². The van der Waals surface area contributed by atoms with Crippen molar-refractivity contribution in [2.75, 3.05) is 0 Å². The molecule has 2 aromatic rings. The first kappa shape index (κ1) is 9.21. The van der Waals surface area contributed by atoms with Crippen LogP contribution in [0.5, 0.6) is 0 Å². The summed E-state index contributed by atoms with van der Waals surface area (Å²) in [5, 5.41) is 1.03. The third kappa shape index (κ3) is 1.63. The Morgan fingerprint density at radius 1 is 1.50 bits per heavy atom. The molecule has 0 saturated carbocycles. The monoisotopic (exact) mass is 209 g/mol. The first-order valence-electron chi connectivity index (χ1n) is 4.30. The molecule has 0 amide bonds. The molecule has 4 nitrogen and oxygen atoms in total. The number of nitrogens with zero attached hydrogens (tertiary/aromatic N) is 3. The smallest absolute Gasteiger partial charge is 0.302 e. The molecule has 0 aliphatic rings. The number of imidazole rings is 1. The fourth-order valence-electron chi connectivity index (χ4n) is 1.28. The molecule has 0 aliphatic heterocycles. The molecule has 2 rings (SSSR count). The Kier molecular flexibility index (Phi) is 2.25. The van der Waals surface area contributed by atoms with Crippen molar-refractivity contribution in [3.8, 4) is 0 Å². The summed E-state index contributed by atoms with van der Waals surface area (Å²) < 4.78 is 3.24. The molecule has 0 spiro atoms. The second-order valence-electron chi connectivity index (χ2n) is 3.17. The maximum absolute atomic E-state index is 11.5. The van der Waals surface area contributed by atoms with Crippen LogP contribution in [-0.4, -0.2) is 14.1 Å². The van der Waals surface area contributed by atoms with Crippen LogP contribution in [0.15, 0.2) is 23.4 Å². The minimum Gasteiger partial charge on any atom is -0.302 e. The van der Waals surface area contributed by atoms with E-state index in [4.69, 9.17) is 0 Å². The fraction of sp³-hybridized carbons (Fsp3) is 0.333. The molecular formula is C9H11N3OS. The number of aryl methyl sites for hydroxylation is 2. The van der Waals surface area contributed by atoms with E-state index in [2.05, 4.69) is 4.98 Å². The van der Waals surface area contributed by atoms with Crippen LogP contribution in [0.2, 0.25) is 0 Å². The van der Waals surface area contributed by atoms with Crippen molar-refractivity contribution >= 4 is 11.3 Å². The van der Waals surface area contributed by atoms with Crippen LogP contribution in [0.3, 0.4) is 0 Å². The lowest BCUT2D eigenvalue weighted by molar-refractivity contribution is 0.723. The summed E-state index contributed by atoms with van der Waals surface area (Å²) in [5.74, 6) is 0. The summed E-state index contributed by atoms with van der Waals surface area (Å²) in [7, 11) is 1.75. The quantitative estimate of drug-likeness (QED) is 0.740. The van der Waals surface area contributed by atoms with Gasteiger partial charge in [0.1, 0.15) is 0 Å². The van der Waals surface area contributed by atoms with E-state index in [9.17, 15) is 4.79 Å². The molecule has 0 radical (unpaired) electrons. The fourth-order valence-corrected chi connectivity index (χ4v) is 2.07. The predicted octanol–water partition coefficient (Wildman–Crippen LogP) is 1.00. The van der Waals surface area contributed by atoms with Gasteiger partial charge in [-0.25, -0.2) is 9.78 Å². The maximum Gasteiger partial charge on any atom is 0.328 e. The van der Waals surface area contributed by atoms with Crippen LogP contribution >= 0.6 is 11.3 Å². The van der Waals surface area contributed by atoms with Gasteiger partial charge < -0.3 is 4.57 Å². The highest BCUT2D eigenvalue weighted by atomic mass is 32.1. The van der Waals surface area contributed by atoms with Crippen molar-refractivity contribution in [1.29, 1.82) is 0 Å². The van der Waals surface area contributed by atoms with Gasteiger partial charge >= 0.3 is 5.69 Å². The van der Waals surface area contributed by atoms with Gasteiger partial charge in [-0.2, -0.15) is 0 Å². The molecule has 0 unspecified atom stereocenters. The summed E-state index contributed by atoms with van der Waals surface area (Å²) >= 11 is 1.62. The highest BCUT2D eigenvalue weighted by molar-refractivity contribution is 7.11. The first-order chi connectivity index (χ1) is 6.66. The highest BCUT2D eigenvalue weighted by Gasteiger charge is 2.02. The molecule has 0 saturated heterocycles. The van der Waals surface area contributed by atoms with Crippen LogP contribution in [0.25, 0.3) is 0 Å². The Labute approximate surface area is 85.5 Å². The van der Waals surface area contributed by atoms with E-state index in [0.717, 1.165) is 9.88 Å². The van der Waals surface area contributed by atoms with E-state index in [-0.39, 0.29) is 5.69 Å². The molecule has 5 heteroatoms. The van der Waals surface area contributed by atoms with Gasteiger partial charge in [-0.05, 0) is 6.92 Å². The largest absolute Gasteiger partial charge is 0.328 e. The zero-order valence-electron chi connectivity index (χ0n) is 8.10. The third-order valence-electron chi connectivity index (χ3n) is 2.01. The van der Waals surface area contributed by atoms with Gasteiger partial charge in [0.2, 0.25) is 0 Å². The average Bonchev–Trinajstić information content (AvgIpc) is 2.67. The normalized spacial score (nSPS) is 10.7. The Hall–Kier alpha value is -1.36. The molecule has 14 heavy (non-hydrogen) atoms. The van der Waals surface area contributed by atoms with Crippen LogP contribution in [0.4, 0.5) is 0 Å². The van der Waals surface area contributed by atoms with E-state index in [1.165, 1.54) is 0 Å². The molecule has 0 N–H and O–H groups in total. The van der Waals surface area contributed by atoms with Crippen LogP contribution in [-0.2, 0) is 13.6 Å². The Balaban J connectivity index is 2.27. The summed E-state index contributed by atoms with van der Waals surface area (Å²) in [5.41, 5.74) is 0.0102. The van der Waals surface area contributed by atoms with Gasteiger partial charge in [-0.1, -0.05) is 0 Å². The third-order valence-corrected chi connectivity index (χ3v) is 2.91. The molecule has 2 aromatic heterocycles. The summed E-state index contributed by atoms with van der Waals surface area (Å²) in [4.78, 5) is 16.7. The van der Waals surface area contributed by atoms with Crippen molar-refractivity contribution in [2.45, 2.75) is 13.5 Å². The predicted molar refractivity (Wildman–Crippen MR) is 55.6 cm³/mol. The molecule has 2 heterocycles. The number of hydrogen-bond donors (Lipinski definition) is 0. The standard InChI is InChI=1S/C9H11N3OS/c1-7-10-5-8(14-7)6-12-4-3-11(2)9(12)13/h3-5H,6H2,1-2H3. The second kappa shape index (κ2) is 3.42. The van der Waals surface area contributed by atoms with Gasteiger partial charge in [0.05, 0.1) is 11.6 Å². The van der Waals surface area contributed by atoms with Crippen LogP contribution in [0.1, 0.15) is 9.88 Å². The number of rotatable bonds is 2. The number of hydrogen-bond acceptors (Lipinski definition) is 3. The molecular weight excluding hydrogens is 198 g/mol. The van der Waals surface area contributed by atoms with E-state index in [1.807, 2.05) is 13.1 Å². The van der Waals surface area contributed by atoms with E-state index in [1.54, 1.807) is 39.9 Å². The zero-order chi connectivity index (χ0) is 10.1. The summed E-state index contributed by atoms with van der Waals surface area (Å²) in [6.45, 7) is 2.58. The van der Waals surface area contributed by atoms with Gasteiger partial charge in [0, 0.05) is 30.5 Å². The summed E-state index contributed by atoms with van der Waals surface area (Å²) in [6.07, 6.45) is 5.37. The lowest BCUT2D eigenvalue weighted by Gasteiger charge is -1.95. The number of thiazole rings is 1. The Morgan fingerprint density at radius 3 is 2.79 bits per heavy atom. The van der Waals surface area contributed by atoms with E-state index in [0.29, 0.717) is 6.54 Å². The van der Waals surface area contributed by atoms with Gasteiger partial charge in [0.15, 0.2) is 0 Å². The molecule has 0 aromatic carbocycles. The Bertz CT molecular complexity index is 494. The van der Waals surface area contributed by atoms with Crippen molar-refractivity contribution < 1.29 is 0 Å². The average molecular weight is 209 g/mol. The van der Waals surface area contributed by atoms with Crippen molar-refractivity contribution in [3.05, 3.63) is 39.0 Å². The first-order valence-corrected chi connectivity index (χ1v) is 5.11. The summed E-state index contributed by atoms with van der Waals surface area (Å²) in [6, 6.07) is 0. The van der Waals surface area contributed by atoms with Crippen molar-refractivity contribution in [3.63, 3.8) is 0 Å².